The summed E-state index contributed by atoms with van der Waals surface area (Å²) in [5.74, 6) is 0. The van der Waals surface area contributed by atoms with Gasteiger partial charge in [-0.2, -0.15) is 5.41 Å². The third-order valence-electron chi connectivity index (χ3n) is 0.927. The van der Waals surface area contributed by atoms with E-state index in [1.165, 1.54) is 12.8 Å². The fraction of sp³-hybridized carbons (Fsp3) is 0.857. The van der Waals surface area contributed by atoms with Gasteiger partial charge in [0.1, 0.15) is 0 Å². The van der Waals surface area contributed by atoms with E-state index in [1.54, 1.807) is 0 Å². The van der Waals surface area contributed by atoms with Crippen molar-refractivity contribution in [1.29, 1.82) is 0 Å². The van der Waals surface area contributed by atoms with Gasteiger partial charge in [0.2, 0.25) is 0 Å². The SMILES string of the molecule is [CH2-]C(C)(C)CCC.[Zn]. The van der Waals surface area contributed by atoms with E-state index in [0.717, 1.165) is 0 Å². The molecule has 0 nitrogen and oxygen atoms in total. The summed E-state index contributed by atoms with van der Waals surface area (Å²) in [6.07, 6.45) is 2.48. The summed E-state index contributed by atoms with van der Waals surface area (Å²) in [5, 5.41) is 0. The van der Waals surface area contributed by atoms with Crippen LogP contribution < -0.4 is 0 Å². The average Bonchev–Trinajstić information content (AvgIpc) is 1.30. The summed E-state index contributed by atoms with van der Waals surface area (Å²) in [7, 11) is 0. The van der Waals surface area contributed by atoms with Crippen LogP contribution in [0.2, 0.25) is 0 Å². The Bertz CT molecular complexity index is 42.8. The van der Waals surface area contributed by atoms with Gasteiger partial charge in [0.05, 0.1) is 0 Å². The van der Waals surface area contributed by atoms with E-state index in [1.807, 2.05) is 0 Å². The summed E-state index contributed by atoms with van der Waals surface area (Å²) >= 11 is 0. The topological polar surface area (TPSA) is 0 Å². The third-order valence-corrected chi connectivity index (χ3v) is 0.927. The van der Waals surface area contributed by atoms with E-state index in [-0.39, 0.29) is 19.5 Å². The van der Waals surface area contributed by atoms with Crippen LogP contribution in [0.1, 0.15) is 33.6 Å². The van der Waals surface area contributed by atoms with Gasteiger partial charge in [0, 0.05) is 19.5 Å². The first-order chi connectivity index (χ1) is 3.06. The number of rotatable bonds is 2. The maximum atomic E-state index is 3.96. The maximum absolute atomic E-state index is 3.96. The van der Waals surface area contributed by atoms with Gasteiger partial charge in [-0.05, 0) is 0 Å². The van der Waals surface area contributed by atoms with Crippen LogP contribution in [0.5, 0.6) is 0 Å². The molecule has 0 bridgehead atoms. The van der Waals surface area contributed by atoms with Gasteiger partial charge >= 0.3 is 0 Å². The largest absolute Gasteiger partial charge is 0.338 e. The first-order valence-corrected chi connectivity index (χ1v) is 2.91. The quantitative estimate of drug-likeness (QED) is 0.435. The molecule has 1 heteroatoms. The predicted octanol–water partition coefficient (Wildman–Crippen LogP) is 2.64. The first kappa shape index (κ1) is 11.4. The Hall–Kier alpha value is 0.623. The summed E-state index contributed by atoms with van der Waals surface area (Å²) in [6.45, 7) is 10.5. The summed E-state index contributed by atoms with van der Waals surface area (Å²) in [4.78, 5) is 0. The van der Waals surface area contributed by atoms with Crippen molar-refractivity contribution < 1.29 is 19.5 Å². The molecule has 0 aromatic rings. The summed E-state index contributed by atoms with van der Waals surface area (Å²) in [5.41, 5.74) is 0.300. The molecule has 0 heterocycles. The van der Waals surface area contributed by atoms with Gasteiger partial charge < -0.3 is 6.92 Å². The van der Waals surface area contributed by atoms with Gasteiger partial charge in [0.25, 0.3) is 0 Å². The second kappa shape index (κ2) is 4.50. The van der Waals surface area contributed by atoms with Crippen LogP contribution in [-0.4, -0.2) is 0 Å². The summed E-state index contributed by atoms with van der Waals surface area (Å²) in [6, 6.07) is 0. The molecule has 0 amide bonds. The molecule has 46 valence electrons. The zero-order chi connectivity index (χ0) is 5.91. The fourth-order valence-electron chi connectivity index (χ4n) is 0.677. The van der Waals surface area contributed by atoms with Gasteiger partial charge in [0.15, 0.2) is 0 Å². The van der Waals surface area contributed by atoms with E-state index in [2.05, 4.69) is 27.7 Å². The molecule has 0 saturated carbocycles. The number of hydrogen-bond donors (Lipinski definition) is 0. The molecule has 0 spiro atoms. The zero-order valence-corrected chi connectivity index (χ0v) is 9.30. The van der Waals surface area contributed by atoms with Gasteiger partial charge in [-0.1, -0.05) is 33.6 Å². The normalized spacial score (nSPS) is 10.5. The van der Waals surface area contributed by atoms with Crippen molar-refractivity contribution in [2.45, 2.75) is 33.6 Å². The van der Waals surface area contributed by atoms with Crippen molar-refractivity contribution in [3.8, 4) is 0 Å². The van der Waals surface area contributed by atoms with Crippen molar-refractivity contribution in [2.24, 2.45) is 5.41 Å². The zero-order valence-electron chi connectivity index (χ0n) is 6.33. The fourth-order valence-corrected chi connectivity index (χ4v) is 0.677. The van der Waals surface area contributed by atoms with Crippen LogP contribution in [0, 0.1) is 12.3 Å². The molecule has 0 rings (SSSR count). The Morgan fingerprint density at radius 1 is 1.38 bits per heavy atom. The Morgan fingerprint density at radius 3 is 1.75 bits per heavy atom. The van der Waals surface area contributed by atoms with Crippen molar-refractivity contribution in [3.05, 3.63) is 6.92 Å². The Kier molecular flexibility index (Phi) is 6.42. The predicted molar refractivity (Wildman–Crippen MR) is 34.0 cm³/mol. The van der Waals surface area contributed by atoms with Crippen molar-refractivity contribution >= 4 is 0 Å². The molecule has 0 fully saturated rings. The van der Waals surface area contributed by atoms with Crippen molar-refractivity contribution in [3.63, 3.8) is 0 Å². The molecule has 0 aromatic heterocycles. The van der Waals surface area contributed by atoms with E-state index >= 15 is 0 Å². The minimum absolute atomic E-state index is 0. The van der Waals surface area contributed by atoms with Gasteiger partial charge in [-0.15, -0.1) is 0 Å². The molecule has 0 aliphatic heterocycles. The average molecular weight is 165 g/mol. The van der Waals surface area contributed by atoms with Gasteiger partial charge in [-0.25, -0.2) is 0 Å². The van der Waals surface area contributed by atoms with Crippen LogP contribution in [-0.2, 0) is 19.5 Å². The minimum atomic E-state index is 0. The molecule has 0 aromatic carbocycles. The Labute approximate surface area is 65.8 Å². The van der Waals surface area contributed by atoms with Crippen molar-refractivity contribution in [2.75, 3.05) is 0 Å². The first-order valence-electron chi connectivity index (χ1n) is 2.91. The monoisotopic (exact) mass is 163 g/mol. The molecular weight excluding hydrogens is 149 g/mol. The standard InChI is InChI=1S/C7H15.Zn/c1-5-6-7(2,3)4;/h2,5-6H2,1,3-4H3;/q-1;. The molecule has 0 atom stereocenters. The van der Waals surface area contributed by atoms with E-state index in [4.69, 9.17) is 0 Å². The van der Waals surface area contributed by atoms with Crippen LogP contribution >= 0.6 is 0 Å². The van der Waals surface area contributed by atoms with E-state index in [9.17, 15) is 0 Å². The second-order valence-corrected chi connectivity index (χ2v) is 2.91. The minimum Gasteiger partial charge on any atom is -0.338 e. The smallest absolute Gasteiger partial charge is 0 e. The van der Waals surface area contributed by atoms with E-state index < -0.39 is 0 Å². The van der Waals surface area contributed by atoms with Crippen LogP contribution in [0.15, 0.2) is 0 Å². The van der Waals surface area contributed by atoms with Crippen LogP contribution in [0.25, 0.3) is 0 Å². The molecular formula is C7H15Zn-. The summed E-state index contributed by atoms with van der Waals surface area (Å²) < 4.78 is 0. The molecule has 0 aliphatic carbocycles. The molecule has 0 N–H and O–H groups in total. The molecule has 0 radical (unpaired) electrons. The second-order valence-electron chi connectivity index (χ2n) is 2.91. The molecule has 0 aliphatic rings. The molecule has 0 saturated heterocycles. The maximum Gasteiger partial charge on any atom is 0 e. The van der Waals surface area contributed by atoms with Crippen LogP contribution in [0.4, 0.5) is 0 Å². The third kappa shape index (κ3) is 9.80. The van der Waals surface area contributed by atoms with Gasteiger partial charge in [-0.3, -0.25) is 0 Å². The molecule has 0 unspecified atom stereocenters. The Balaban J connectivity index is 0. The van der Waals surface area contributed by atoms with Crippen molar-refractivity contribution in [1.82, 2.24) is 0 Å². The number of hydrogen-bond acceptors (Lipinski definition) is 0. The van der Waals surface area contributed by atoms with Crippen LogP contribution in [0.3, 0.4) is 0 Å². The van der Waals surface area contributed by atoms with E-state index in [0.29, 0.717) is 5.41 Å². The molecule has 8 heavy (non-hydrogen) atoms. The Morgan fingerprint density at radius 2 is 1.75 bits per heavy atom.